The van der Waals surface area contributed by atoms with Crippen LogP contribution in [0.4, 0.5) is 0 Å². The number of nitrogens with two attached hydrogens (primary N) is 1. The minimum atomic E-state index is -0.637. The molecule has 0 aliphatic rings. The van der Waals surface area contributed by atoms with Gasteiger partial charge in [-0.25, -0.2) is 4.79 Å². The first kappa shape index (κ1) is 18.7. The molecule has 7 nitrogen and oxygen atoms in total. The van der Waals surface area contributed by atoms with Crippen LogP contribution in [-0.4, -0.2) is 49.5 Å². The van der Waals surface area contributed by atoms with Gasteiger partial charge in [0.1, 0.15) is 25.8 Å². The standard InChI is InChI=1S/C18H22N2O5/c1-23-17-8-14(18(22)24-2)5-6-16(17)25-12-15(21)11-20-10-13-4-3-7-19-9-13/h3-9,15,20-21H,10-12H2,1-2H3/p+1/t15-/m0/s1. The van der Waals surface area contributed by atoms with Crippen LogP contribution in [0.3, 0.4) is 0 Å². The van der Waals surface area contributed by atoms with E-state index < -0.39 is 12.1 Å². The Hall–Kier alpha value is -2.64. The van der Waals surface area contributed by atoms with Gasteiger partial charge < -0.3 is 24.6 Å². The molecule has 1 aromatic carbocycles. The summed E-state index contributed by atoms with van der Waals surface area (Å²) >= 11 is 0. The van der Waals surface area contributed by atoms with Crippen molar-refractivity contribution in [2.24, 2.45) is 0 Å². The van der Waals surface area contributed by atoms with Crippen molar-refractivity contribution >= 4 is 5.97 Å². The van der Waals surface area contributed by atoms with Crippen LogP contribution in [0.1, 0.15) is 15.9 Å². The maximum atomic E-state index is 11.5. The largest absolute Gasteiger partial charge is 0.493 e. The van der Waals surface area contributed by atoms with Gasteiger partial charge >= 0.3 is 5.97 Å². The monoisotopic (exact) mass is 347 g/mol. The Balaban J connectivity index is 1.82. The topological polar surface area (TPSA) is 94.5 Å². The molecule has 0 aliphatic carbocycles. The number of quaternary nitrogens is 1. The number of nitrogens with zero attached hydrogens (tertiary/aromatic N) is 1. The van der Waals surface area contributed by atoms with E-state index >= 15 is 0 Å². The quantitative estimate of drug-likeness (QED) is 0.637. The Morgan fingerprint density at radius 3 is 2.80 bits per heavy atom. The number of methoxy groups -OCH3 is 2. The molecule has 2 rings (SSSR count). The summed E-state index contributed by atoms with van der Waals surface area (Å²) in [6.07, 6.45) is 2.89. The molecule has 0 radical (unpaired) electrons. The lowest BCUT2D eigenvalue weighted by molar-refractivity contribution is -0.676. The molecule has 0 aliphatic heterocycles. The Kier molecular flexibility index (Phi) is 7.18. The maximum absolute atomic E-state index is 11.5. The van der Waals surface area contributed by atoms with Crippen molar-refractivity contribution in [2.45, 2.75) is 12.6 Å². The zero-order valence-electron chi connectivity index (χ0n) is 14.3. The van der Waals surface area contributed by atoms with Crippen LogP contribution in [0, 0.1) is 0 Å². The van der Waals surface area contributed by atoms with Gasteiger partial charge in [-0.2, -0.15) is 0 Å². The zero-order valence-corrected chi connectivity index (χ0v) is 14.3. The first-order valence-electron chi connectivity index (χ1n) is 7.91. The number of esters is 1. The number of hydrogen-bond acceptors (Lipinski definition) is 6. The fourth-order valence-electron chi connectivity index (χ4n) is 2.25. The van der Waals surface area contributed by atoms with Gasteiger partial charge in [-0.1, -0.05) is 6.07 Å². The molecule has 134 valence electrons. The second-order valence-electron chi connectivity index (χ2n) is 5.41. The summed E-state index contributed by atoms with van der Waals surface area (Å²) in [6, 6.07) is 8.62. The molecule has 1 aromatic heterocycles. The molecule has 0 saturated heterocycles. The number of carbonyl (C=O) groups is 1. The van der Waals surface area contributed by atoms with Gasteiger partial charge in [0.2, 0.25) is 0 Å². The average molecular weight is 347 g/mol. The Morgan fingerprint density at radius 2 is 2.12 bits per heavy atom. The number of aliphatic hydroxyl groups is 1. The van der Waals surface area contributed by atoms with Crippen molar-refractivity contribution in [1.82, 2.24) is 4.98 Å². The highest BCUT2D eigenvalue weighted by molar-refractivity contribution is 5.90. The van der Waals surface area contributed by atoms with E-state index in [1.54, 1.807) is 30.6 Å². The Morgan fingerprint density at radius 1 is 1.28 bits per heavy atom. The molecule has 25 heavy (non-hydrogen) atoms. The van der Waals surface area contributed by atoms with Gasteiger partial charge in [0.05, 0.1) is 19.8 Å². The van der Waals surface area contributed by atoms with Gasteiger partial charge in [-0.15, -0.1) is 0 Å². The van der Waals surface area contributed by atoms with Gasteiger partial charge in [0.15, 0.2) is 11.5 Å². The summed E-state index contributed by atoms with van der Waals surface area (Å²) in [6.45, 7) is 1.36. The molecular formula is C18H23N2O5+. The van der Waals surface area contributed by atoms with Crippen LogP contribution in [0.15, 0.2) is 42.7 Å². The van der Waals surface area contributed by atoms with Gasteiger partial charge in [-0.05, 0) is 24.3 Å². The van der Waals surface area contributed by atoms with E-state index in [1.807, 2.05) is 17.4 Å². The van der Waals surface area contributed by atoms with Crippen LogP contribution in [0.2, 0.25) is 0 Å². The number of hydrogen-bond donors (Lipinski definition) is 2. The smallest absolute Gasteiger partial charge is 0.337 e. The molecule has 0 amide bonds. The third-order valence-corrected chi connectivity index (χ3v) is 3.56. The highest BCUT2D eigenvalue weighted by Gasteiger charge is 2.13. The van der Waals surface area contributed by atoms with Crippen molar-refractivity contribution in [2.75, 3.05) is 27.4 Å². The van der Waals surface area contributed by atoms with Gasteiger partial charge in [-0.3, -0.25) is 4.98 Å². The molecule has 7 heteroatoms. The fourth-order valence-corrected chi connectivity index (χ4v) is 2.25. The first-order valence-corrected chi connectivity index (χ1v) is 7.91. The Bertz CT molecular complexity index is 678. The van der Waals surface area contributed by atoms with Crippen LogP contribution >= 0.6 is 0 Å². The molecule has 3 N–H and O–H groups in total. The molecule has 0 bridgehead atoms. The number of rotatable bonds is 9. The SMILES string of the molecule is COC(=O)c1ccc(OC[C@@H](O)C[NH2+]Cc2cccnc2)c(OC)c1. The third-order valence-electron chi connectivity index (χ3n) is 3.56. The van der Waals surface area contributed by atoms with Crippen molar-refractivity contribution in [3.05, 3.63) is 53.9 Å². The molecule has 1 heterocycles. The number of aliphatic hydroxyl groups excluding tert-OH is 1. The summed E-state index contributed by atoms with van der Waals surface area (Å²) in [4.78, 5) is 15.6. The normalized spacial score (nSPS) is 11.6. The molecule has 0 spiro atoms. The van der Waals surface area contributed by atoms with E-state index in [-0.39, 0.29) is 6.61 Å². The first-order chi connectivity index (χ1) is 12.1. The van der Waals surface area contributed by atoms with E-state index in [0.29, 0.717) is 23.6 Å². The van der Waals surface area contributed by atoms with E-state index in [9.17, 15) is 9.90 Å². The third kappa shape index (κ3) is 5.74. The van der Waals surface area contributed by atoms with Gasteiger partial charge in [0, 0.05) is 18.0 Å². The summed E-state index contributed by atoms with van der Waals surface area (Å²) < 4.78 is 15.5. The van der Waals surface area contributed by atoms with Crippen molar-refractivity contribution < 1.29 is 29.4 Å². The van der Waals surface area contributed by atoms with Crippen molar-refractivity contribution in [1.29, 1.82) is 0 Å². The number of aromatic nitrogens is 1. The lowest BCUT2D eigenvalue weighted by Gasteiger charge is -2.14. The second kappa shape index (κ2) is 9.61. The van der Waals surface area contributed by atoms with Crippen LogP contribution < -0.4 is 14.8 Å². The summed E-state index contributed by atoms with van der Waals surface area (Å²) in [7, 11) is 2.80. The second-order valence-corrected chi connectivity index (χ2v) is 5.41. The van der Waals surface area contributed by atoms with Crippen LogP contribution in [0.5, 0.6) is 11.5 Å². The lowest BCUT2D eigenvalue weighted by atomic mass is 10.2. The number of ether oxygens (including phenoxy) is 3. The van der Waals surface area contributed by atoms with E-state index in [4.69, 9.17) is 9.47 Å². The average Bonchev–Trinajstić information content (AvgIpc) is 2.66. The van der Waals surface area contributed by atoms with Crippen LogP contribution in [0.25, 0.3) is 0 Å². The van der Waals surface area contributed by atoms with Gasteiger partial charge in [0.25, 0.3) is 0 Å². The number of pyridine rings is 1. The zero-order chi connectivity index (χ0) is 18.1. The van der Waals surface area contributed by atoms with E-state index in [0.717, 1.165) is 12.1 Å². The van der Waals surface area contributed by atoms with E-state index in [1.165, 1.54) is 14.2 Å². The minimum absolute atomic E-state index is 0.122. The number of benzene rings is 1. The lowest BCUT2D eigenvalue weighted by Crippen LogP contribution is -2.85. The summed E-state index contributed by atoms with van der Waals surface area (Å²) in [5.41, 5.74) is 1.47. The highest BCUT2D eigenvalue weighted by Crippen LogP contribution is 2.28. The van der Waals surface area contributed by atoms with Crippen molar-refractivity contribution in [3.8, 4) is 11.5 Å². The fraction of sp³-hybridized carbons (Fsp3) is 0.333. The molecule has 0 unspecified atom stereocenters. The molecule has 2 aromatic rings. The minimum Gasteiger partial charge on any atom is -0.493 e. The predicted octanol–water partition coefficient (Wildman–Crippen LogP) is 0.380. The van der Waals surface area contributed by atoms with Crippen molar-refractivity contribution in [3.63, 3.8) is 0 Å². The maximum Gasteiger partial charge on any atom is 0.337 e. The van der Waals surface area contributed by atoms with Crippen LogP contribution in [-0.2, 0) is 11.3 Å². The molecule has 0 fully saturated rings. The predicted molar refractivity (Wildman–Crippen MR) is 90.6 cm³/mol. The summed E-state index contributed by atoms with van der Waals surface area (Å²) in [5, 5.41) is 12.0. The molecule has 0 saturated carbocycles. The molecule has 1 atom stereocenters. The number of carbonyl (C=O) groups excluding carboxylic acids is 1. The molecular weight excluding hydrogens is 324 g/mol. The highest BCUT2D eigenvalue weighted by atomic mass is 16.5. The Labute approximate surface area is 146 Å². The summed E-state index contributed by atoms with van der Waals surface area (Å²) in [5.74, 6) is 0.422. The van der Waals surface area contributed by atoms with E-state index in [2.05, 4.69) is 9.72 Å².